The summed E-state index contributed by atoms with van der Waals surface area (Å²) < 4.78 is 18.7. The Bertz CT molecular complexity index is 735. The van der Waals surface area contributed by atoms with E-state index in [9.17, 15) is 4.39 Å². The zero-order valence-corrected chi connectivity index (χ0v) is 18.2. The summed E-state index contributed by atoms with van der Waals surface area (Å²) in [7, 11) is 5.11. The summed E-state index contributed by atoms with van der Waals surface area (Å²) in [5.41, 5.74) is 1.89. The van der Waals surface area contributed by atoms with Crippen LogP contribution in [0.25, 0.3) is 0 Å². The van der Waals surface area contributed by atoms with Gasteiger partial charge in [-0.05, 0) is 31.5 Å². The van der Waals surface area contributed by atoms with Gasteiger partial charge in [-0.25, -0.2) is 9.37 Å². The van der Waals surface area contributed by atoms with Crippen molar-refractivity contribution in [2.75, 3.05) is 21.2 Å². The van der Waals surface area contributed by atoms with E-state index in [2.05, 4.69) is 15.3 Å². The van der Waals surface area contributed by atoms with E-state index in [0.717, 1.165) is 22.2 Å². The highest BCUT2D eigenvalue weighted by Gasteiger charge is 2.11. The van der Waals surface area contributed by atoms with Crippen LogP contribution in [-0.2, 0) is 13.1 Å². The number of ether oxygens (including phenoxy) is 1. The van der Waals surface area contributed by atoms with Crippen LogP contribution < -0.4 is 10.1 Å². The van der Waals surface area contributed by atoms with Crippen molar-refractivity contribution in [3.8, 4) is 5.75 Å². The first-order valence-electron chi connectivity index (χ1n) is 7.61. The number of benzene rings is 1. The normalized spacial score (nSPS) is 11.0. The van der Waals surface area contributed by atoms with E-state index < -0.39 is 0 Å². The first-order valence-corrected chi connectivity index (χ1v) is 8.43. The molecular formula is C17H24FIN4OS. The van der Waals surface area contributed by atoms with E-state index in [1.807, 2.05) is 31.9 Å². The monoisotopic (exact) mass is 478 g/mol. The third-order valence-electron chi connectivity index (χ3n) is 3.62. The number of aryl methyl sites for hydroxylation is 2. The number of rotatable bonds is 5. The van der Waals surface area contributed by atoms with Crippen molar-refractivity contribution < 1.29 is 9.13 Å². The first kappa shape index (κ1) is 21.6. The predicted octanol–water partition coefficient (Wildman–Crippen LogP) is 3.73. The van der Waals surface area contributed by atoms with Crippen molar-refractivity contribution in [3.05, 3.63) is 45.2 Å². The average molecular weight is 478 g/mol. The van der Waals surface area contributed by atoms with Gasteiger partial charge in [0.2, 0.25) is 0 Å². The fourth-order valence-corrected chi connectivity index (χ4v) is 3.32. The molecule has 1 N–H and O–H groups in total. The van der Waals surface area contributed by atoms with Gasteiger partial charge in [0, 0.05) is 25.5 Å². The second-order valence-corrected chi connectivity index (χ2v) is 6.75. The minimum absolute atomic E-state index is 0. The predicted molar refractivity (Wildman–Crippen MR) is 112 cm³/mol. The number of methoxy groups -OCH3 is 1. The Morgan fingerprint density at radius 1 is 1.40 bits per heavy atom. The highest BCUT2D eigenvalue weighted by molar-refractivity contribution is 14.0. The molecule has 1 aromatic heterocycles. The highest BCUT2D eigenvalue weighted by atomic mass is 127. The average Bonchev–Trinajstić information content (AvgIpc) is 2.86. The zero-order valence-electron chi connectivity index (χ0n) is 15.1. The molecule has 0 bridgehead atoms. The van der Waals surface area contributed by atoms with Crippen LogP contribution in [0.2, 0.25) is 0 Å². The summed E-state index contributed by atoms with van der Waals surface area (Å²) in [4.78, 5) is 11.9. The molecule has 0 radical (unpaired) electrons. The van der Waals surface area contributed by atoms with Gasteiger partial charge in [-0.2, -0.15) is 0 Å². The van der Waals surface area contributed by atoms with Crippen LogP contribution in [0.5, 0.6) is 5.75 Å². The molecule has 2 aromatic rings. The number of nitrogens with one attached hydrogen (secondary N) is 1. The molecule has 0 amide bonds. The molecule has 0 unspecified atom stereocenters. The van der Waals surface area contributed by atoms with Gasteiger partial charge in [0.15, 0.2) is 17.5 Å². The van der Waals surface area contributed by atoms with E-state index in [4.69, 9.17) is 4.74 Å². The van der Waals surface area contributed by atoms with Crippen molar-refractivity contribution in [3.63, 3.8) is 0 Å². The lowest BCUT2D eigenvalue weighted by atomic mass is 10.2. The standard InChI is InChI=1S/C17H23FN4OS.HI/c1-11-16(24-12(2)21-11)9-20-17(19-3)22(4)10-13-6-7-15(23-5)14(18)8-13;/h6-8H,9-10H2,1-5H3,(H,19,20);1H. The molecule has 0 spiro atoms. The Labute approximate surface area is 169 Å². The van der Waals surface area contributed by atoms with Crippen LogP contribution in [0, 0.1) is 19.7 Å². The fourth-order valence-electron chi connectivity index (χ4n) is 2.44. The number of hydrogen-bond acceptors (Lipinski definition) is 4. The minimum Gasteiger partial charge on any atom is -0.494 e. The molecular weight excluding hydrogens is 454 g/mol. The molecule has 5 nitrogen and oxygen atoms in total. The van der Waals surface area contributed by atoms with Gasteiger partial charge < -0.3 is 15.0 Å². The van der Waals surface area contributed by atoms with Crippen molar-refractivity contribution in [2.24, 2.45) is 4.99 Å². The summed E-state index contributed by atoms with van der Waals surface area (Å²) in [5.74, 6) is 0.638. The number of halogens is 2. The largest absolute Gasteiger partial charge is 0.494 e. The Kier molecular flexibility index (Phi) is 8.57. The summed E-state index contributed by atoms with van der Waals surface area (Å²) in [6, 6.07) is 4.97. The molecule has 1 heterocycles. The quantitative estimate of drug-likeness (QED) is 0.404. The zero-order chi connectivity index (χ0) is 17.7. The molecule has 0 aliphatic heterocycles. The molecule has 0 atom stereocenters. The van der Waals surface area contributed by atoms with Gasteiger partial charge in [-0.3, -0.25) is 4.99 Å². The third-order valence-corrected chi connectivity index (χ3v) is 4.69. The number of hydrogen-bond donors (Lipinski definition) is 1. The Morgan fingerprint density at radius 3 is 2.64 bits per heavy atom. The van der Waals surface area contributed by atoms with Gasteiger partial charge in [0.05, 0.1) is 24.4 Å². The third kappa shape index (κ3) is 5.81. The lowest BCUT2D eigenvalue weighted by Gasteiger charge is -2.22. The highest BCUT2D eigenvalue weighted by Crippen LogP contribution is 2.19. The topological polar surface area (TPSA) is 49.8 Å². The fraction of sp³-hybridized carbons (Fsp3) is 0.412. The van der Waals surface area contributed by atoms with Crippen molar-refractivity contribution in [1.82, 2.24) is 15.2 Å². The van der Waals surface area contributed by atoms with Crippen LogP contribution >= 0.6 is 35.3 Å². The minimum atomic E-state index is -0.359. The van der Waals surface area contributed by atoms with Crippen LogP contribution in [0.3, 0.4) is 0 Å². The van der Waals surface area contributed by atoms with Gasteiger partial charge in [-0.15, -0.1) is 35.3 Å². The molecule has 0 aliphatic carbocycles. The maximum atomic E-state index is 13.8. The van der Waals surface area contributed by atoms with E-state index in [-0.39, 0.29) is 35.5 Å². The number of nitrogens with zero attached hydrogens (tertiary/aromatic N) is 3. The van der Waals surface area contributed by atoms with E-state index >= 15 is 0 Å². The molecule has 0 saturated carbocycles. The van der Waals surface area contributed by atoms with Crippen molar-refractivity contribution in [1.29, 1.82) is 0 Å². The molecule has 8 heteroatoms. The van der Waals surface area contributed by atoms with Crippen molar-refractivity contribution in [2.45, 2.75) is 26.9 Å². The molecule has 0 fully saturated rings. The molecule has 138 valence electrons. The van der Waals surface area contributed by atoms with E-state index in [1.165, 1.54) is 18.1 Å². The summed E-state index contributed by atoms with van der Waals surface area (Å²) >= 11 is 1.68. The Morgan fingerprint density at radius 2 is 2.12 bits per heavy atom. The van der Waals surface area contributed by atoms with Gasteiger partial charge in [0.1, 0.15) is 0 Å². The van der Waals surface area contributed by atoms with E-state index in [1.54, 1.807) is 24.5 Å². The second kappa shape index (κ2) is 9.91. The number of aliphatic imine (C=N–C) groups is 1. The van der Waals surface area contributed by atoms with Gasteiger partial charge in [0.25, 0.3) is 0 Å². The van der Waals surface area contributed by atoms with Crippen LogP contribution in [0.1, 0.15) is 21.1 Å². The molecule has 25 heavy (non-hydrogen) atoms. The van der Waals surface area contributed by atoms with Crippen molar-refractivity contribution >= 4 is 41.3 Å². The maximum Gasteiger partial charge on any atom is 0.193 e. The van der Waals surface area contributed by atoms with Gasteiger partial charge >= 0.3 is 0 Å². The SMILES string of the molecule is CN=C(NCc1sc(C)nc1C)N(C)Cc1ccc(OC)c(F)c1.I. The van der Waals surface area contributed by atoms with Crippen LogP contribution in [0.15, 0.2) is 23.2 Å². The number of guanidine groups is 1. The van der Waals surface area contributed by atoms with Crippen LogP contribution in [0.4, 0.5) is 4.39 Å². The molecule has 0 aliphatic rings. The second-order valence-electron chi connectivity index (χ2n) is 5.47. The molecule has 0 saturated heterocycles. The Hall–Kier alpha value is -1.42. The lowest BCUT2D eigenvalue weighted by Crippen LogP contribution is -2.38. The summed E-state index contributed by atoms with van der Waals surface area (Å²) in [6.45, 7) is 5.22. The van der Waals surface area contributed by atoms with Gasteiger partial charge in [-0.1, -0.05) is 6.07 Å². The smallest absolute Gasteiger partial charge is 0.193 e. The molecule has 2 rings (SSSR count). The maximum absolute atomic E-state index is 13.8. The molecule has 1 aromatic carbocycles. The first-order chi connectivity index (χ1) is 11.4. The number of aromatic nitrogens is 1. The summed E-state index contributed by atoms with van der Waals surface area (Å²) in [6.07, 6.45) is 0. The number of thiazole rings is 1. The van der Waals surface area contributed by atoms with E-state index in [0.29, 0.717) is 13.1 Å². The Balaban J connectivity index is 0.00000312. The lowest BCUT2D eigenvalue weighted by molar-refractivity contribution is 0.385. The van der Waals surface area contributed by atoms with Crippen LogP contribution in [-0.4, -0.2) is 37.0 Å². The summed E-state index contributed by atoms with van der Waals surface area (Å²) in [5, 5.41) is 4.38.